The van der Waals surface area contributed by atoms with E-state index in [1.165, 1.54) is 7.11 Å². The van der Waals surface area contributed by atoms with Gasteiger partial charge >= 0.3 is 0 Å². The number of hydrogen-bond acceptors (Lipinski definition) is 4. The summed E-state index contributed by atoms with van der Waals surface area (Å²) in [6, 6.07) is 6.86. The number of methoxy groups -OCH3 is 1. The van der Waals surface area contributed by atoms with Gasteiger partial charge in [0, 0.05) is 30.2 Å². The van der Waals surface area contributed by atoms with Gasteiger partial charge in [0.2, 0.25) is 0 Å². The molecule has 1 aromatic carbocycles. The molecule has 3 rings (SSSR count). The Kier molecular flexibility index (Phi) is 3.35. The van der Waals surface area contributed by atoms with Crippen molar-refractivity contribution in [3.63, 3.8) is 0 Å². The van der Waals surface area contributed by atoms with Gasteiger partial charge in [0.05, 0.1) is 11.7 Å². The second-order valence-electron chi connectivity index (χ2n) is 5.34. The van der Waals surface area contributed by atoms with Crippen LogP contribution in [-0.2, 0) is 9.47 Å². The van der Waals surface area contributed by atoms with Gasteiger partial charge in [-0.25, -0.2) is 0 Å². The number of hydrogen-bond donors (Lipinski definition) is 0. The fourth-order valence-corrected chi connectivity index (χ4v) is 2.81. The van der Waals surface area contributed by atoms with Crippen molar-refractivity contribution in [1.29, 1.82) is 0 Å². The number of carbonyl (C=O) groups is 2. The zero-order valence-corrected chi connectivity index (χ0v) is 12.0. The Morgan fingerprint density at radius 2 is 1.86 bits per heavy atom. The molecule has 0 aromatic heterocycles. The lowest BCUT2D eigenvalue weighted by Crippen LogP contribution is -2.39. The summed E-state index contributed by atoms with van der Waals surface area (Å²) in [5.41, 5.74) is 2.50. The number of benzene rings is 1. The quantitative estimate of drug-likeness (QED) is 0.784. The summed E-state index contributed by atoms with van der Waals surface area (Å²) >= 11 is 0. The van der Waals surface area contributed by atoms with Crippen LogP contribution in [0.15, 0.2) is 47.6 Å². The zero-order valence-electron chi connectivity index (χ0n) is 12.0. The predicted molar refractivity (Wildman–Crippen MR) is 77.2 cm³/mol. The molecule has 4 nitrogen and oxygen atoms in total. The molecule has 0 bridgehead atoms. The summed E-state index contributed by atoms with van der Waals surface area (Å²) in [5, 5.41) is 0. The van der Waals surface area contributed by atoms with Gasteiger partial charge in [-0.05, 0) is 6.92 Å². The Morgan fingerprint density at radius 1 is 1.24 bits per heavy atom. The van der Waals surface area contributed by atoms with Crippen molar-refractivity contribution in [3.05, 3.63) is 58.7 Å². The van der Waals surface area contributed by atoms with E-state index in [2.05, 4.69) is 6.58 Å². The first-order chi connectivity index (χ1) is 10.0. The van der Waals surface area contributed by atoms with Crippen molar-refractivity contribution in [2.45, 2.75) is 25.7 Å². The van der Waals surface area contributed by atoms with Crippen LogP contribution >= 0.6 is 0 Å². The molecule has 1 aromatic rings. The molecule has 0 radical (unpaired) electrons. The van der Waals surface area contributed by atoms with Crippen molar-refractivity contribution in [2.24, 2.45) is 0 Å². The van der Waals surface area contributed by atoms with E-state index < -0.39 is 6.29 Å². The van der Waals surface area contributed by atoms with E-state index >= 15 is 0 Å². The third-order valence-electron chi connectivity index (χ3n) is 3.94. The van der Waals surface area contributed by atoms with Crippen LogP contribution in [0.3, 0.4) is 0 Å². The van der Waals surface area contributed by atoms with Crippen molar-refractivity contribution < 1.29 is 19.1 Å². The van der Waals surface area contributed by atoms with E-state index in [1.807, 2.05) is 6.92 Å². The molecule has 0 spiro atoms. The first-order valence-electron chi connectivity index (χ1n) is 6.79. The fourth-order valence-electron chi connectivity index (χ4n) is 2.81. The van der Waals surface area contributed by atoms with Crippen LogP contribution in [0.2, 0.25) is 0 Å². The zero-order chi connectivity index (χ0) is 15.1. The van der Waals surface area contributed by atoms with E-state index in [9.17, 15) is 9.59 Å². The van der Waals surface area contributed by atoms with E-state index in [-0.39, 0.29) is 17.7 Å². The third kappa shape index (κ3) is 2.07. The van der Waals surface area contributed by atoms with Gasteiger partial charge in [-0.2, -0.15) is 0 Å². The van der Waals surface area contributed by atoms with Crippen LogP contribution in [-0.4, -0.2) is 31.1 Å². The fraction of sp³-hybridized carbons (Fsp3) is 0.294. The lowest BCUT2D eigenvalue weighted by molar-refractivity contribution is -0.127. The molecule has 0 saturated heterocycles. The summed E-state index contributed by atoms with van der Waals surface area (Å²) in [7, 11) is 1.47. The third-order valence-corrected chi connectivity index (χ3v) is 3.94. The average Bonchev–Trinajstić information content (AvgIpc) is 2.51. The van der Waals surface area contributed by atoms with Crippen molar-refractivity contribution >= 4 is 11.6 Å². The summed E-state index contributed by atoms with van der Waals surface area (Å²) in [4.78, 5) is 25.3. The summed E-state index contributed by atoms with van der Waals surface area (Å²) in [6.07, 6.45) is -0.764. The van der Waals surface area contributed by atoms with Crippen LogP contribution < -0.4 is 0 Å². The second-order valence-corrected chi connectivity index (χ2v) is 5.34. The van der Waals surface area contributed by atoms with E-state index in [1.54, 1.807) is 24.3 Å². The number of ketones is 2. The molecule has 0 unspecified atom stereocenters. The minimum absolute atomic E-state index is 0.114. The molecule has 0 amide bonds. The van der Waals surface area contributed by atoms with Gasteiger partial charge in [0.25, 0.3) is 0 Å². The second kappa shape index (κ2) is 5.06. The minimum Gasteiger partial charge on any atom is -0.351 e. The first kappa shape index (κ1) is 13.9. The first-order valence-corrected chi connectivity index (χ1v) is 6.79. The molecule has 2 aliphatic rings. The maximum absolute atomic E-state index is 12.7. The molecule has 1 aliphatic carbocycles. The molecular weight excluding hydrogens is 268 g/mol. The van der Waals surface area contributed by atoms with Crippen LogP contribution in [0.25, 0.3) is 0 Å². The number of ether oxygens (including phenoxy) is 2. The predicted octanol–water partition coefficient (Wildman–Crippen LogP) is 2.70. The van der Waals surface area contributed by atoms with Gasteiger partial charge in [-0.3, -0.25) is 9.59 Å². The summed E-state index contributed by atoms with van der Waals surface area (Å²) < 4.78 is 11.0. The Morgan fingerprint density at radius 3 is 2.43 bits per heavy atom. The number of fused-ring (bicyclic) bond motifs is 1. The van der Waals surface area contributed by atoms with Gasteiger partial charge in [0.15, 0.2) is 17.9 Å². The largest absolute Gasteiger partial charge is 0.351 e. The molecule has 0 N–H and O–H groups in total. The van der Waals surface area contributed by atoms with Crippen molar-refractivity contribution in [3.8, 4) is 0 Å². The molecule has 0 saturated carbocycles. The van der Waals surface area contributed by atoms with Crippen molar-refractivity contribution in [2.75, 3.05) is 7.11 Å². The Labute approximate surface area is 123 Å². The SMILES string of the molecule is C=C(C)[C@H]1CC2=C(C(=O)c3ccccc3C2=O)[C@H](OC)O1. The molecule has 108 valence electrons. The van der Waals surface area contributed by atoms with Gasteiger partial charge in [-0.15, -0.1) is 0 Å². The topological polar surface area (TPSA) is 52.6 Å². The summed E-state index contributed by atoms with van der Waals surface area (Å²) in [5.74, 6) is -0.302. The summed E-state index contributed by atoms with van der Waals surface area (Å²) in [6.45, 7) is 5.71. The van der Waals surface area contributed by atoms with Gasteiger partial charge in [-0.1, -0.05) is 36.4 Å². The van der Waals surface area contributed by atoms with E-state index in [0.29, 0.717) is 28.7 Å². The van der Waals surface area contributed by atoms with Crippen molar-refractivity contribution in [1.82, 2.24) is 0 Å². The van der Waals surface area contributed by atoms with Crippen LogP contribution in [0.1, 0.15) is 34.1 Å². The van der Waals surface area contributed by atoms with Gasteiger partial charge < -0.3 is 9.47 Å². The monoisotopic (exact) mass is 284 g/mol. The Bertz CT molecular complexity index is 684. The number of Topliss-reactive ketones (excluding diaryl/α,β-unsaturated/α-hetero) is 2. The maximum atomic E-state index is 12.7. The molecule has 4 heteroatoms. The molecular formula is C17H16O4. The maximum Gasteiger partial charge on any atom is 0.195 e. The highest BCUT2D eigenvalue weighted by Gasteiger charge is 2.41. The highest BCUT2D eigenvalue weighted by atomic mass is 16.7. The molecule has 21 heavy (non-hydrogen) atoms. The van der Waals surface area contributed by atoms with E-state index in [0.717, 1.165) is 5.57 Å². The highest BCUT2D eigenvalue weighted by Crippen LogP contribution is 2.37. The normalized spacial score (nSPS) is 24.7. The van der Waals surface area contributed by atoms with Crippen LogP contribution in [0.4, 0.5) is 0 Å². The van der Waals surface area contributed by atoms with Crippen LogP contribution in [0.5, 0.6) is 0 Å². The van der Waals surface area contributed by atoms with Crippen LogP contribution in [0, 0.1) is 0 Å². The average molecular weight is 284 g/mol. The molecule has 2 atom stereocenters. The Balaban J connectivity index is 2.15. The molecule has 0 fully saturated rings. The van der Waals surface area contributed by atoms with Gasteiger partial charge in [0.1, 0.15) is 0 Å². The molecule has 1 heterocycles. The number of carbonyl (C=O) groups excluding carboxylic acids is 2. The smallest absolute Gasteiger partial charge is 0.195 e. The van der Waals surface area contributed by atoms with E-state index in [4.69, 9.17) is 9.47 Å². The lowest BCUT2D eigenvalue weighted by Gasteiger charge is -2.34. The minimum atomic E-state index is -0.819. The molecule has 1 aliphatic heterocycles. The standard InChI is InChI=1S/C17H16O4/c1-9(2)13-8-12-14(17(20-3)21-13)16(19)11-7-5-4-6-10(11)15(12)18/h4-7,13,17H,1,8H2,2-3H3/t13-,17-/m1/s1. The highest BCUT2D eigenvalue weighted by molar-refractivity contribution is 6.27. The Hall–Kier alpha value is -2.04. The lowest BCUT2D eigenvalue weighted by atomic mass is 9.79. The number of rotatable bonds is 2.